The van der Waals surface area contributed by atoms with Crippen LogP contribution >= 0.6 is 12.4 Å². The van der Waals surface area contributed by atoms with Crippen LogP contribution in [-0.4, -0.2) is 38.9 Å². The lowest BCUT2D eigenvalue weighted by atomic mass is 10.1. The number of aryl methyl sites for hydroxylation is 1. The van der Waals surface area contributed by atoms with Crippen LogP contribution in [0.3, 0.4) is 0 Å². The van der Waals surface area contributed by atoms with Crippen LogP contribution in [0.4, 0.5) is 4.39 Å². The SMILES string of the molecule is Cc1cc(F)cc(S(=O)(=O)N(C)C2CCNCC2)c1.Cl. The second-order valence-corrected chi connectivity index (χ2v) is 6.96. The van der Waals surface area contributed by atoms with Crippen LogP contribution in [0.5, 0.6) is 0 Å². The number of nitrogens with one attached hydrogen (secondary N) is 1. The Hall–Kier alpha value is -0.690. The summed E-state index contributed by atoms with van der Waals surface area (Å²) in [5.41, 5.74) is 0.609. The predicted molar refractivity (Wildman–Crippen MR) is 79.2 cm³/mol. The summed E-state index contributed by atoms with van der Waals surface area (Å²) in [6.07, 6.45) is 1.56. The monoisotopic (exact) mass is 322 g/mol. The number of benzene rings is 1. The van der Waals surface area contributed by atoms with Crippen LogP contribution in [0.15, 0.2) is 23.1 Å². The molecule has 0 bridgehead atoms. The first-order chi connectivity index (χ1) is 8.91. The van der Waals surface area contributed by atoms with Gasteiger partial charge in [0.05, 0.1) is 4.90 Å². The summed E-state index contributed by atoms with van der Waals surface area (Å²) in [5, 5.41) is 3.20. The molecule has 1 N–H and O–H groups in total. The summed E-state index contributed by atoms with van der Waals surface area (Å²) in [5.74, 6) is -0.516. The third-order valence-corrected chi connectivity index (χ3v) is 5.40. The minimum Gasteiger partial charge on any atom is -0.317 e. The highest BCUT2D eigenvalue weighted by Crippen LogP contribution is 2.22. The van der Waals surface area contributed by atoms with Crippen molar-refractivity contribution in [1.82, 2.24) is 9.62 Å². The molecule has 0 spiro atoms. The highest BCUT2D eigenvalue weighted by atomic mass is 35.5. The summed E-state index contributed by atoms with van der Waals surface area (Å²) in [7, 11) is -2.04. The molecule has 0 radical (unpaired) electrons. The smallest absolute Gasteiger partial charge is 0.243 e. The number of sulfonamides is 1. The summed E-state index contributed by atoms with van der Waals surface area (Å²) < 4.78 is 39.7. The number of piperidine rings is 1. The van der Waals surface area contributed by atoms with Gasteiger partial charge in [0, 0.05) is 13.1 Å². The van der Waals surface area contributed by atoms with Gasteiger partial charge in [-0.3, -0.25) is 0 Å². The topological polar surface area (TPSA) is 49.4 Å². The van der Waals surface area contributed by atoms with E-state index in [1.807, 2.05) is 0 Å². The summed E-state index contributed by atoms with van der Waals surface area (Å²) in [6, 6.07) is 3.90. The second-order valence-electron chi connectivity index (χ2n) is 4.97. The van der Waals surface area contributed by atoms with Crippen LogP contribution in [-0.2, 0) is 10.0 Å². The Balaban J connectivity index is 0.00000200. The van der Waals surface area contributed by atoms with Gasteiger partial charge in [-0.25, -0.2) is 12.8 Å². The Morgan fingerprint density at radius 3 is 2.40 bits per heavy atom. The fourth-order valence-electron chi connectivity index (χ4n) is 2.38. The van der Waals surface area contributed by atoms with Crippen molar-refractivity contribution in [1.29, 1.82) is 0 Å². The zero-order valence-corrected chi connectivity index (χ0v) is 13.2. The van der Waals surface area contributed by atoms with Crippen LogP contribution < -0.4 is 5.32 Å². The molecule has 0 amide bonds. The van der Waals surface area contributed by atoms with Gasteiger partial charge in [0.1, 0.15) is 5.82 Å². The van der Waals surface area contributed by atoms with E-state index in [1.54, 1.807) is 14.0 Å². The van der Waals surface area contributed by atoms with Gasteiger partial charge < -0.3 is 5.32 Å². The van der Waals surface area contributed by atoms with E-state index >= 15 is 0 Å². The van der Waals surface area contributed by atoms with Crippen molar-refractivity contribution in [2.75, 3.05) is 20.1 Å². The molecule has 1 aliphatic rings. The van der Waals surface area contributed by atoms with E-state index in [9.17, 15) is 12.8 Å². The highest BCUT2D eigenvalue weighted by Gasteiger charge is 2.29. The van der Waals surface area contributed by atoms with Crippen LogP contribution in [0.1, 0.15) is 18.4 Å². The summed E-state index contributed by atoms with van der Waals surface area (Å²) >= 11 is 0. The van der Waals surface area contributed by atoms with Gasteiger partial charge in [0.15, 0.2) is 0 Å². The molecule has 0 saturated carbocycles. The number of halogens is 2. The lowest BCUT2D eigenvalue weighted by Gasteiger charge is -2.30. The van der Waals surface area contributed by atoms with Gasteiger partial charge >= 0.3 is 0 Å². The first-order valence-electron chi connectivity index (χ1n) is 6.37. The van der Waals surface area contributed by atoms with Gasteiger partial charge in [-0.05, 0) is 56.6 Å². The molecule has 1 saturated heterocycles. The van der Waals surface area contributed by atoms with E-state index in [4.69, 9.17) is 0 Å². The second kappa shape index (κ2) is 6.85. The molecule has 0 unspecified atom stereocenters. The first-order valence-corrected chi connectivity index (χ1v) is 7.81. The Morgan fingerprint density at radius 1 is 1.25 bits per heavy atom. The molecular weight excluding hydrogens is 303 g/mol. The maximum atomic E-state index is 13.4. The van der Waals surface area contributed by atoms with Crippen LogP contribution in [0.2, 0.25) is 0 Å². The summed E-state index contributed by atoms with van der Waals surface area (Å²) in [4.78, 5) is 0.0334. The van der Waals surface area contributed by atoms with Crippen molar-refractivity contribution in [3.63, 3.8) is 0 Å². The molecule has 2 rings (SSSR count). The number of hydrogen-bond acceptors (Lipinski definition) is 3. The lowest BCUT2D eigenvalue weighted by Crippen LogP contribution is -2.43. The van der Waals surface area contributed by atoms with Crippen molar-refractivity contribution in [3.8, 4) is 0 Å². The third-order valence-electron chi connectivity index (χ3n) is 3.52. The van der Waals surface area contributed by atoms with Gasteiger partial charge in [-0.2, -0.15) is 4.31 Å². The average Bonchev–Trinajstić information content (AvgIpc) is 2.37. The normalized spacial score (nSPS) is 17.0. The third kappa shape index (κ3) is 3.69. The highest BCUT2D eigenvalue weighted by molar-refractivity contribution is 7.89. The molecular formula is C13H20ClFN2O2S. The van der Waals surface area contributed by atoms with Gasteiger partial charge in [0.25, 0.3) is 0 Å². The lowest BCUT2D eigenvalue weighted by molar-refractivity contribution is 0.296. The van der Waals surface area contributed by atoms with Crippen LogP contribution in [0.25, 0.3) is 0 Å². The van der Waals surface area contributed by atoms with Crippen molar-refractivity contribution in [2.45, 2.75) is 30.7 Å². The number of nitrogens with zero attached hydrogens (tertiary/aromatic N) is 1. The fraction of sp³-hybridized carbons (Fsp3) is 0.538. The molecule has 1 aromatic rings. The predicted octanol–water partition coefficient (Wildman–Crippen LogP) is 1.93. The van der Waals surface area contributed by atoms with Gasteiger partial charge in [-0.1, -0.05) is 0 Å². The standard InChI is InChI=1S/C13H19FN2O2S.ClH/c1-10-7-11(14)9-13(8-10)19(17,18)16(2)12-3-5-15-6-4-12;/h7-9,12,15H,3-6H2,1-2H3;1H. The minimum absolute atomic E-state index is 0. The number of hydrogen-bond donors (Lipinski definition) is 1. The molecule has 0 atom stereocenters. The van der Waals surface area contributed by atoms with Crippen molar-refractivity contribution >= 4 is 22.4 Å². The zero-order chi connectivity index (χ0) is 14.0. The average molecular weight is 323 g/mol. The van der Waals surface area contributed by atoms with E-state index in [0.717, 1.165) is 32.0 Å². The Labute approximate surface area is 125 Å². The van der Waals surface area contributed by atoms with Crippen molar-refractivity contribution in [3.05, 3.63) is 29.6 Å². The van der Waals surface area contributed by atoms with Gasteiger partial charge in [0.2, 0.25) is 10.0 Å². The molecule has 1 fully saturated rings. The molecule has 7 heteroatoms. The molecule has 0 aliphatic carbocycles. The number of rotatable bonds is 3. The maximum Gasteiger partial charge on any atom is 0.243 e. The molecule has 20 heavy (non-hydrogen) atoms. The molecule has 1 heterocycles. The van der Waals surface area contributed by atoms with E-state index in [1.165, 1.54) is 16.4 Å². The van der Waals surface area contributed by atoms with E-state index in [-0.39, 0.29) is 23.3 Å². The largest absolute Gasteiger partial charge is 0.317 e. The molecule has 1 aliphatic heterocycles. The Kier molecular flexibility index (Phi) is 5.94. The van der Waals surface area contributed by atoms with Crippen molar-refractivity contribution in [2.24, 2.45) is 0 Å². The molecule has 4 nitrogen and oxygen atoms in total. The van der Waals surface area contributed by atoms with E-state index < -0.39 is 15.8 Å². The van der Waals surface area contributed by atoms with E-state index in [2.05, 4.69) is 5.32 Å². The Morgan fingerprint density at radius 2 is 1.85 bits per heavy atom. The Bertz CT molecular complexity index is 539. The van der Waals surface area contributed by atoms with Crippen molar-refractivity contribution < 1.29 is 12.8 Å². The fourth-order valence-corrected chi connectivity index (χ4v) is 3.92. The minimum atomic E-state index is -3.62. The van der Waals surface area contributed by atoms with E-state index in [0.29, 0.717) is 5.56 Å². The maximum absolute atomic E-state index is 13.4. The quantitative estimate of drug-likeness (QED) is 0.925. The van der Waals surface area contributed by atoms with Gasteiger partial charge in [-0.15, -0.1) is 12.4 Å². The molecule has 1 aromatic carbocycles. The molecule has 0 aromatic heterocycles. The van der Waals surface area contributed by atoms with Crippen LogP contribution in [0, 0.1) is 12.7 Å². The summed E-state index contributed by atoms with van der Waals surface area (Å²) in [6.45, 7) is 3.31. The zero-order valence-electron chi connectivity index (χ0n) is 11.6. The molecule has 114 valence electrons. The first kappa shape index (κ1) is 17.4.